The van der Waals surface area contributed by atoms with Gasteiger partial charge in [-0.2, -0.15) is 0 Å². The molecule has 0 radical (unpaired) electrons. The van der Waals surface area contributed by atoms with Gasteiger partial charge >= 0.3 is 0 Å². The number of carbonyl (C=O) groups is 1. The second kappa shape index (κ2) is 6.71. The molecule has 3 heteroatoms. The van der Waals surface area contributed by atoms with Crippen LogP contribution in [0.4, 0.5) is 0 Å². The van der Waals surface area contributed by atoms with E-state index in [0.29, 0.717) is 13.0 Å². The average Bonchev–Trinajstić information content (AvgIpc) is 2.81. The lowest BCUT2D eigenvalue weighted by atomic mass is 10.1. The van der Waals surface area contributed by atoms with Crippen molar-refractivity contribution in [2.24, 2.45) is 5.92 Å². The lowest BCUT2D eigenvalue weighted by molar-refractivity contribution is -0.121. The van der Waals surface area contributed by atoms with Crippen molar-refractivity contribution in [3.8, 4) is 0 Å². The fourth-order valence-corrected chi connectivity index (χ4v) is 2.60. The van der Waals surface area contributed by atoms with Crippen LogP contribution in [0.25, 0.3) is 0 Å². The fraction of sp³-hybridized carbons (Fsp3) is 0.562. The maximum Gasteiger partial charge on any atom is 0.220 e. The molecule has 1 amide bonds. The van der Waals surface area contributed by atoms with Gasteiger partial charge in [-0.1, -0.05) is 36.2 Å². The number of carbonyl (C=O) groups excluding carboxylic acids is 1. The number of benzene rings is 1. The van der Waals surface area contributed by atoms with Crippen LogP contribution in [-0.4, -0.2) is 23.7 Å². The number of amides is 1. The van der Waals surface area contributed by atoms with Gasteiger partial charge in [0.05, 0.1) is 6.10 Å². The third kappa shape index (κ3) is 4.35. The third-order valence-electron chi connectivity index (χ3n) is 3.94. The molecular formula is C16H23NO2. The predicted octanol–water partition coefficient (Wildman–Crippen LogP) is 2.20. The molecule has 0 heterocycles. The summed E-state index contributed by atoms with van der Waals surface area (Å²) in [4.78, 5) is 11.8. The minimum atomic E-state index is -0.225. The molecule has 3 nitrogen and oxygen atoms in total. The zero-order valence-corrected chi connectivity index (χ0v) is 11.6. The Morgan fingerprint density at radius 1 is 1.32 bits per heavy atom. The number of aliphatic hydroxyl groups excluding tert-OH is 1. The highest BCUT2D eigenvalue weighted by molar-refractivity contribution is 5.76. The lowest BCUT2D eigenvalue weighted by Crippen LogP contribution is -2.32. The first-order valence-electron chi connectivity index (χ1n) is 7.15. The molecule has 1 saturated carbocycles. The monoisotopic (exact) mass is 261 g/mol. The van der Waals surface area contributed by atoms with Crippen molar-refractivity contribution >= 4 is 5.91 Å². The molecule has 1 fully saturated rings. The van der Waals surface area contributed by atoms with Gasteiger partial charge in [0.25, 0.3) is 0 Å². The molecule has 1 aromatic rings. The van der Waals surface area contributed by atoms with Crippen LogP contribution in [0.2, 0.25) is 0 Å². The molecule has 0 spiro atoms. The molecule has 1 aromatic carbocycles. The Bertz CT molecular complexity index is 413. The second-order valence-corrected chi connectivity index (χ2v) is 5.55. The van der Waals surface area contributed by atoms with Crippen LogP contribution in [-0.2, 0) is 11.2 Å². The molecule has 2 atom stereocenters. The summed E-state index contributed by atoms with van der Waals surface area (Å²) in [6.45, 7) is 2.68. The molecule has 0 bridgehead atoms. The Hall–Kier alpha value is -1.35. The van der Waals surface area contributed by atoms with E-state index in [1.165, 1.54) is 11.1 Å². The van der Waals surface area contributed by atoms with Crippen LogP contribution in [0.15, 0.2) is 24.3 Å². The number of hydrogen-bond donors (Lipinski definition) is 2. The molecule has 0 aromatic heterocycles. The van der Waals surface area contributed by atoms with Gasteiger partial charge in [0, 0.05) is 18.9 Å². The zero-order valence-electron chi connectivity index (χ0n) is 11.6. The topological polar surface area (TPSA) is 49.3 Å². The smallest absolute Gasteiger partial charge is 0.220 e. The van der Waals surface area contributed by atoms with Crippen molar-refractivity contribution in [1.29, 1.82) is 0 Å². The van der Waals surface area contributed by atoms with Crippen LogP contribution < -0.4 is 5.32 Å². The molecule has 0 aliphatic heterocycles. The molecule has 0 saturated heterocycles. The largest absolute Gasteiger partial charge is 0.393 e. The molecular weight excluding hydrogens is 238 g/mol. The summed E-state index contributed by atoms with van der Waals surface area (Å²) in [6.07, 6.45) is 4.05. The maximum atomic E-state index is 11.8. The standard InChI is InChI=1S/C16H23NO2/c1-12-5-7-13(8-6-12)9-10-16(19)17-11-14-3-2-4-15(14)18/h5-8,14-15,18H,2-4,9-11H2,1H3,(H,17,19). The summed E-state index contributed by atoms with van der Waals surface area (Å²) >= 11 is 0. The second-order valence-electron chi connectivity index (χ2n) is 5.55. The minimum absolute atomic E-state index is 0.0830. The van der Waals surface area contributed by atoms with E-state index in [4.69, 9.17) is 0 Å². The van der Waals surface area contributed by atoms with Crippen LogP contribution in [0.5, 0.6) is 0 Å². The summed E-state index contributed by atoms with van der Waals surface area (Å²) in [7, 11) is 0. The molecule has 1 aliphatic rings. The summed E-state index contributed by atoms with van der Waals surface area (Å²) in [5.41, 5.74) is 2.44. The van der Waals surface area contributed by atoms with Gasteiger partial charge in [0.2, 0.25) is 5.91 Å². The normalized spacial score (nSPS) is 22.4. The highest BCUT2D eigenvalue weighted by Gasteiger charge is 2.25. The summed E-state index contributed by atoms with van der Waals surface area (Å²) < 4.78 is 0. The van der Waals surface area contributed by atoms with Gasteiger partial charge in [-0.25, -0.2) is 0 Å². The highest BCUT2D eigenvalue weighted by Crippen LogP contribution is 2.24. The molecule has 104 valence electrons. The van der Waals surface area contributed by atoms with E-state index in [1.54, 1.807) is 0 Å². The van der Waals surface area contributed by atoms with Crippen LogP contribution in [0.1, 0.15) is 36.8 Å². The van der Waals surface area contributed by atoms with Crippen molar-refractivity contribution in [1.82, 2.24) is 5.32 Å². The zero-order chi connectivity index (χ0) is 13.7. The summed E-state index contributed by atoms with van der Waals surface area (Å²) in [5, 5.41) is 12.6. The van der Waals surface area contributed by atoms with Crippen molar-refractivity contribution in [2.45, 2.75) is 45.1 Å². The molecule has 2 unspecified atom stereocenters. The predicted molar refractivity (Wildman–Crippen MR) is 75.9 cm³/mol. The van der Waals surface area contributed by atoms with E-state index in [1.807, 2.05) is 0 Å². The van der Waals surface area contributed by atoms with Crippen LogP contribution in [0, 0.1) is 12.8 Å². The first-order valence-corrected chi connectivity index (χ1v) is 7.15. The Labute approximate surface area is 115 Å². The van der Waals surface area contributed by atoms with Gasteiger partial charge in [-0.3, -0.25) is 4.79 Å². The van der Waals surface area contributed by atoms with E-state index in [-0.39, 0.29) is 17.9 Å². The Morgan fingerprint density at radius 3 is 2.68 bits per heavy atom. The highest BCUT2D eigenvalue weighted by atomic mass is 16.3. The number of hydrogen-bond acceptors (Lipinski definition) is 2. The van der Waals surface area contributed by atoms with Gasteiger partial charge in [0.15, 0.2) is 0 Å². The first kappa shape index (κ1) is 14.1. The van der Waals surface area contributed by atoms with E-state index in [2.05, 4.69) is 36.5 Å². The van der Waals surface area contributed by atoms with Gasteiger partial charge in [-0.15, -0.1) is 0 Å². The van der Waals surface area contributed by atoms with E-state index < -0.39 is 0 Å². The van der Waals surface area contributed by atoms with Crippen molar-refractivity contribution < 1.29 is 9.90 Å². The van der Waals surface area contributed by atoms with E-state index >= 15 is 0 Å². The Kier molecular flexibility index (Phi) is 4.97. The number of nitrogens with one attached hydrogen (secondary N) is 1. The van der Waals surface area contributed by atoms with Crippen LogP contribution >= 0.6 is 0 Å². The van der Waals surface area contributed by atoms with E-state index in [0.717, 1.165) is 25.7 Å². The van der Waals surface area contributed by atoms with E-state index in [9.17, 15) is 9.90 Å². The Morgan fingerprint density at radius 2 is 2.05 bits per heavy atom. The summed E-state index contributed by atoms with van der Waals surface area (Å²) in [6, 6.07) is 8.29. The maximum absolute atomic E-state index is 11.8. The van der Waals surface area contributed by atoms with Gasteiger partial charge in [-0.05, 0) is 31.7 Å². The Balaban J connectivity index is 1.68. The molecule has 2 N–H and O–H groups in total. The minimum Gasteiger partial charge on any atom is -0.393 e. The van der Waals surface area contributed by atoms with Crippen molar-refractivity contribution in [3.63, 3.8) is 0 Å². The van der Waals surface area contributed by atoms with Gasteiger partial charge < -0.3 is 10.4 Å². The average molecular weight is 261 g/mol. The SMILES string of the molecule is Cc1ccc(CCC(=O)NCC2CCCC2O)cc1. The van der Waals surface area contributed by atoms with Crippen molar-refractivity contribution in [2.75, 3.05) is 6.54 Å². The molecule has 2 rings (SSSR count). The van der Waals surface area contributed by atoms with Gasteiger partial charge in [0.1, 0.15) is 0 Å². The fourth-order valence-electron chi connectivity index (χ4n) is 2.60. The summed E-state index contributed by atoms with van der Waals surface area (Å²) in [5.74, 6) is 0.336. The van der Waals surface area contributed by atoms with Crippen molar-refractivity contribution in [3.05, 3.63) is 35.4 Å². The van der Waals surface area contributed by atoms with Crippen LogP contribution in [0.3, 0.4) is 0 Å². The number of rotatable bonds is 5. The quantitative estimate of drug-likeness (QED) is 0.853. The lowest BCUT2D eigenvalue weighted by Gasteiger charge is -2.15. The molecule has 19 heavy (non-hydrogen) atoms. The molecule has 1 aliphatic carbocycles. The first-order chi connectivity index (χ1) is 9.15. The third-order valence-corrected chi connectivity index (χ3v) is 3.94. The number of aryl methyl sites for hydroxylation is 2. The number of aliphatic hydroxyl groups is 1.